The molecule has 1 unspecified atom stereocenters. The number of hydrogen-bond acceptors (Lipinski definition) is 3. The number of nitrogens with one attached hydrogen (secondary N) is 1. The molecule has 0 saturated carbocycles. The highest BCUT2D eigenvalue weighted by molar-refractivity contribution is 5.27. The standard InChI is InChI=1S/C8H10N2O3/c1-4-3-5-6(13-4)9-8(12)10(2)7(5)11/h4H,3H2,1-2H3,(H,9,12). The lowest BCUT2D eigenvalue weighted by atomic mass is 10.2. The normalized spacial score (nSPS) is 19.7. The van der Waals surface area contributed by atoms with Crippen molar-refractivity contribution in [3.8, 4) is 5.88 Å². The molecule has 1 aromatic rings. The summed E-state index contributed by atoms with van der Waals surface area (Å²) in [5.74, 6) is 0.334. The molecule has 1 N–H and O–H groups in total. The Balaban J connectivity index is 2.74. The maximum absolute atomic E-state index is 11.5. The summed E-state index contributed by atoms with van der Waals surface area (Å²) in [6.45, 7) is 1.86. The molecule has 0 spiro atoms. The minimum atomic E-state index is -0.433. The summed E-state index contributed by atoms with van der Waals surface area (Å²) >= 11 is 0. The van der Waals surface area contributed by atoms with Gasteiger partial charge in [-0.1, -0.05) is 0 Å². The van der Waals surface area contributed by atoms with E-state index in [2.05, 4.69) is 4.98 Å². The molecule has 1 aliphatic rings. The first-order chi connectivity index (χ1) is 6.09. The molecule has 2 heterocycles. The van der Waals surface area contributed by atoms with Gasteiger partial charge in [0, 0.05) is 13.5 Å². The van der Waals surface area contributed by atoms with Crippen LogP contribution in [0.2, 0.25) is 0 Å². The molecule has 13 heavy (non-hydrogen) atoms. The second-order valence-electron chi connectivity index (χ2n) is 3.23. The molecule has 2 rings (SSSR count). The van der Waals surface area contributed by atoms with Crippen molar-refractivity contribution in [3.63, 3.8) is 0 Å². The van der Waals surface area contributed by atoms with Crippen LogP contribution in [0, 0.1) is 0 Å². The van der Waals surface area contributed by atoms with Crippen LogP contribution in [0.1, 0.15) is 12.5 Å². The van der Waals surface area contributed by atoms with Crippen molar-refractivity contribution < 1.29 is 4.74 Å². The minimum absolute atomic E-state index is 0.0271. The molecule has 1 atom stereocenters. The quantitative estimate of drug-likeness (QED) is 0.582. The van der Waals surface area contributed by atoms with Gasteiger partial charge in [-0.25, -0.2) is 4.79 Å². The van der Waals surface area contributed by atoms with Crippen LogP contribution >= 0.6 is 0 Å². The second kappa shape index (κ2) is 2.48. The van der Waals surface area contributed by atoms with E-state index in [4.69, 9.17) is 4.74 Å². The molecule has 0 bridgehead atoms. The second-order valence-corrected chi connectivity index (χ2v) is 3.23. The zero-order valence-electron chi connectivity index (χ0n) is 7.46. The van der Waals surface area contributed by atoms with E-state index in [1.165, 1.54) is 7.05 Å². The molecule has 5 nitrogen and oxygen atoms in total. The molecule has 0 amide bonds. The van der Waals surface area contributed by atoms with Gasteiger partial charge in [-0.05, 0) is 6.92 Å². The van der Waals surface area contributed by atoms with Crippen molar-refractivity contribution in [2.24, 2.45) is 7.05 Å². The molecule has 70 valence electrons. The first kappa shape index (κ1) is 8.10. The summed E-state index contributed by atoms with van der Waals surface area (Å²) in [7, 11) is 1.45. The molecule has 0 aromatic carbocycles. The van der Waals surface area contributed by atoms with Crippen molar-refractivity contribution in [2.45, 2.75) is 19.4 Å². The summed E-state index contributed by atoms with van der Waals surface area (Å²) in [6.07, 6.45) is 0.541. The summed E-state index contributed by atoms with van der Waals surface area (Å²) in [5.41, 5.74) is -0.129. The van der Waals surface area contributed by atoms with Gasteiger partial charge in [0.1, 0.15) is 6.10 Å². The molecule has 1 aliphatic heterocycles. The van der Waals surface area contributed by atoms with Gasteiger partial charge in [-0.15, -0.1) is 0 Å². The van der Waals surface area contributed by atoms with Crippen LogP contribution in [-0.2, 0) is 13.5 Å². The fourth-order valence-corrected chi connectivity index (χ4v) is 1.46. The minimum Gasteiger partial charge on any atom is -0.475 e. The van der Waals surface area contributed by atoms with Crippen molar-refractivity contribution in [1.82, 2.24) is 9.55 Å². The van der Waals surface area contributed by atoms with Crippen molar-refractivity contribution in [2.75, 3.05) is 0 Å². The third-order valence-electron chi connectivity index (χ3n) is 2.17. The molecule has 0 radical (unpaired) electrons. The topological polar surface area (TPSA) is 64.1 Å². The van der Waals surface area contributed by atoms with Crippen molar-refractivity contribution in [1.29, 1.82) is 0 Å². The molecule has 1 aromatic heterocycles. The van der Waals surface area contributed by atoms with Gasteiger partial charge in [0.25, 0.3) is 5.56 Å². The van der Waals surface area contributed by atoms with E-state index in [0.29, 0.717) is 17.9 Å². The first-order valence-electron chi connectivity index (χ1n) is 4.08. The number of aromatic nitrogens is 2. The van der Waals surface area contributed by atoms with E-state index in [9.17, 15) is 9.59 Å². The number of rotatable bonds is 0. The Morgan fingerprint density at radius 2 is 2.23 bits per heavy atom. The van der Waals surface area contributed by atoms with Gasteiger partial charge >= 0.3 is 5.69 Å². The number of ether oxygens (including phenoxy) is 1. The SMILES string of the molecule is CC1Cc2c([nH]c(=O)n(C)c2=O)O1. The van der Waals surface area contributed by atoms with Gasteiger partial charge in [0.15, 0.2) is 0 Å². The molecule has 0 fully saturated rings. The third kappa shape index (κ3) is 1.07. The summed E-state index contributed by atoms with van der Waals surface area (Å²) in [6, 6.07) is 0. The predicted molar refractivity (Wildman–Crippen MR) is 46.1 cm³/mol. The lowest BCUT2D eigenvalue weighted by molar-refractivity contribution is 0.245. The van der Waals surface area contributed by atoms with E-state index in [0.717, 1.165) is 4.57 Å². The predicted octanol–water partition coefficient (Wildman–Crippen LogP) is -0.603. The fourth-order valence-electron chi connectivity index (χ4n) is 1.46. The van der Waals surface area contributed by atoms with Crippen LogP contribution < -0.4 is 16.0 Å². The zero-order chi connectivity index (χ0) is 9.59. The van der Waals surface area contributed by atoms with Crippen LogP contribution in [0.4, 0.5) is 0 Å². The average molecular weight is 182 g/mol. The summed E-state index contributed by atoms with van der Waals surface area (Å²) < 4.78 is 6.31. The lowest BCUT2D eigenvalue weighted by Crippen LogP contribution is -2.33. The van der Waals surface area contributed by atoms with E-state index in [1.54, 1.807) is 0 Å². The Morgan fingerprint density at radius 3 is 2.92 bits per heavy atom. The van der Waals surface area contributed by atoms with Crippen LogP contribution in [-0.4, -0.2) is 15.7 Å². The van der Waals surface area contributed by atoms with E-state index >= 15 is 0 Å². The molecule has 0 aliphatic carbocycles. The number of fused-ring (bicyclic) bond motifs is 1. The maximum Gasteiger partial charge on any atom is 0.330 e. The molecular weight excluding hydrogens is 172 g/mol. The largest absolute Gasteiger partial charge is 0.475 e. The smallest absolute Gasteiger partial charge is 0.330 e. The Labute approximate surface area is 74.0 Å². The first-order valence-corrected chi connectivity index (χ1v) is 4.08. The average Bonchev–Trinajstić information content (AvgIpc) is 2.42. The molecule has 0 saturated heterocycles. The van der Waals surface area contributed by atoms with Gasteiger partial charge in [-0.2, -0.15) is 0 Å². The van der Waals surface area contributed by atoms with Gasteiger partial charge in [0.05, 0.1) is 5.56 Å². The summed E-state index contributed by atoms with van der Waals surface area (Å²) in [4.78, 5) is 25.1. The van der Waals surface area contributed by atoms with Crippen molar-refractivity contribution in [3.05, 3.63) is 26.4 Å². The highest BCUT2D eigenvalue weighted by atomic mass is 16.5. The highest BCUT2D eigenvalue weighted by Gasteiger charge is 2.24. The number of hydrogen-bond donors (Lipinski definition) is 1. The Morgan fingerprint density at radius 1 is 1.54 bits per heavy atom. The van der Waals surface area contributed by atoms with Crippen LogP contribution in [0.25, 0.3) is 0 Å². The summed E-state index contributed by atoms with van der Waals surface area (Å²) in [5, 5.41) is 0. The van der Waals surface area contributed by atoms with E-state index < -0.39 is 5.69 Å². The molecular formula is C8H10N2O3. The third-order valence-corrected chi connectivity index (χ3v) is 2.17. The maximum atomic E-state index is 11.5. The van der Waals surface area contributed by atoms with Crippen LogP contribution in [0.3, 0.4) is 0 Å². The van der Waals surface area contributed by atoms with Gasteiger partial charge in [-0.3, -0.25) is 14.3 Å². The number of nitrogens with zero attached hydrogens (tertiary/aromatic N) is 1. The van der Waals surface area contributed by atoms with E-state index in [-0.39, 0.29) is 11.7 Å². The monoisotopic (exact) mass is 182 g/mol. The molecule has 5 heteroatoms. The number of aromatic amines is 1. The van der Waals surface area contributed by atoms with E-state index in [1.807, 2.05) is 6.92 Å². The van der Waals surface area contributed by atoms with Gasteiger partial charge in [0.2, 0.25) is 5.88 Å². The number of H-pyrrole nitrogens is 1. The highest BCUT2D eigenvalue weighted by Crippen LogP contribution is 2.20. The van der Waals surface area contributed by atoms with Crippen LogP contribution in [0.15, 0.2) is 9.59 Å². The Hall–Kier alpha value is -1.52. The lowest BCUT2D eigenvalue weighted by Gasteiger charge is -2.01. The van der Waals surface area contributed by atoms with Crippen LogP contribution in [0.5, 0.6) is 5.88 Å². The zero-order valence-corrected chi connectivity index (χ0v) is 7.46. The van der Waals surface area contributed by atoms with Crippen molar-refractivity contribution >= 4 is 0 Å². The van der Waals surface area contributed by atoms with Gasteiger partial charge < -0.3 is 4.74 Å². The Kier molecular flexibility index (Phi) is 1.55. The Bertz CT molecular complexity index is 457. The fraction of sp³-hybridized carbons (Fsp3) is 0.500.